The van der Waals surface area contributed by atoms with Crippen molar-refractivity contribution in [1.82, 2.24) is 20.3 Å². The Balaban J connectivity index is 2.33. The minimum atomic E-state index is -0.634. The summed E-state index contributed by atoms with van der Waals surface area (Å²) in [7, 11) is 0. The molecular weight excluding hydrogens is 373 g/mol. The Kier molecular flexibility index (Phi) is 4.32. The van der Waals surface area contributed by atoms with Gasteiger partial charge in [0, 0.05) is 15.7 Å². The van der Waals surface area contributed by atoms with E-state index in [2.05, 4.69) is 38.2 Å². The van der Waals surface area contributed by atoms with E-state index in [9.17, 15) is 9.59 Å². The second kappa shape index (κ2) is 5.99. The molecule has 20 heavy (non-hydrogen) atoms. The van der Waals surface area contributed by atoms with E-state index < -0.39 is 5.91 Å². The number of nitrogens with one attached hydrogen (secondary N) is 1. The molecule has 0 spiro atoms. The first kappa shape index (κ1) is 14.4. The van der Waals surface area contributed by atoms with Gasteiger partial charge in [0.15, 0.2) is 5.69 Å². The van der Waals surface area contributed by atoms with Gasteiger partial charge in [-0.3, -0.25) is 9.59 Å². The van der Waals surface area contributed by atoms with E-state index in [-0.39, 0.29) is 11.6 Å². The van der Waals surface area contributed by atoms with Crippen molar-refractivity contribution in [3.63, 3.8) is 0 Å². The number of carbonyl (C=O) groups excluding carboxylic acids is 2. The summed E-state index contributed by atoms with van der Waals surface area (Å²) in [5, 5.41) is 10.2. The first-order valence-electron chi connectivity index (χ1n) is 5.83. The Labute approximate surface area is 128 Å². The molecule has 3 N–H and O–H groups in total. The quantitative estimate of drug-likeness (QED) is 0.758. The third kappa shape index (κ3) is 2.95. The van der Waals surface area contributed by atoms with Crippen LogP contribution in [0.4, 0.5) is 0 Å². The number of carbonyl (C=O) groups is 2. The number of halogens is 1. The largest absolute Gasteiger partial charge is 0.364 e. The van der Waals surface area contributed by atoms with Gasteiger partial charge in [-0.05, 0) is 47.7 Å². The lowest BCUT2D eigenvalue weighted by Crippen LogP contribution is -2.22. The van der Waals surface area contributed by atoms with Gasteiger partial charge in [-0.2, -0.15) is 0 Å². The van der Waals surface area contributed by atoms with Crippen LogP contribution in [0.5, 0.6) is 0 Å². The second-order valence-electron chi connectivity index (χ2n) is 3.94. The average molecular weight is 385 g/mol. The first-order valence-corrected chi connectivity index (χ1v) is 6.91. The Morgan fingerprint density at radius 3 is 2.75 bits per heavy atom. The molecule has 0 fully saturated rings. The van der Waals surface area contributed by atoms with E-state index in [1.54, 1.807) is 18.2 Å². The number of nitrogens with zero attached hydrogens (tertiary/aromatic N) is 3. The molecule has 0 bridgehead atoms. The Bertz CT molecular complexity index is 668. The fraction of sp³-hybridized carbons (Fsp3) is 0.167. The van der Waals surface area contributed by atoms with E-state index in [0.29, 0.717) is 12.1 Å². The van der Waals surface area contributed by atoms with Crippen LogP contribution in [0, 0.1) is 3.57 Å². The van der Waals surface area contributed by atoms with Gasteiger partial charge in [-0.15, -0.1) is 5.10 Å². The van der Waals surface area contributed by atoms with Crippen molar-refractivity contribution < 1.29 is 9.59 Å². The zero-order valence-corrected chi connectivity index (χ0v) is 12.8. The Morgan fingerprint density at radius 1 is 1.45 bits per heavy atom. The van der Waals surface area contributed by atoms with Gasteiger partial charge in [0.05, 0.1) is 11.9 Å². The Morgan fingerprint density at radius 2 is 2.20 bits per heavy atom. The number of primary amides is 1. The van der Waals surface area contributed by atoms with Gasteiger partial charge in [-0.1, -0.05) is 5.21 Å². The number of amides is 2. The molecule has 1 aromatic carbocycles. The van der Waals surface area contributed by atoms with Crippen molar-refractivity contribution >= 4 is 34.4 Å². The van der Waals surface area contributed by atoms with Crippen LogP contribution in [0.2, 0.25) is 0 Å². The highest BCUT2D eigenvalue weighted by Crippen LogP contribution is 2.18. The standard InChI is InChI=1S/C12H12IN5O2/c1-2-15-12(20)7-3-4-10(8(13)5-7)18-6-9(11(14)19)16-17-18/h3-6H,2H2,1H3,(H2,14,19)(H,15,20). The van der Waals surface area contributed by atoms with E-state index >= 15 is 0 Å². The highest BCUT2D eigenvalue weighted by Gasteiger charge is 2.12. The van der Waals surface area contributed by atoms with Gasteiger partial charge in [0.2, 0.25) is 0 Å². The van der Waals surface area contributed by atoms with Gasteiger partial charge in [0.1, 0.15) is 0 Å². The molecule has 0 saturated heterocycles. The van der Waals surface area contributed by atoms with Gasteiger partial charge in [0.25, 0.3) is 11.8 Å². The van der Waals surface area contributed by atoms with Crippen LogP contribution in [0.25, 0.3) is 5.69 Å². The summed E-state index contributed by atoms with van der Waals surface area (Å²) in [6, 6.07) is 5.17. The summed E-state index contributed by atoms with van der Waals surface area (Å²) >= 11 is 2.09. The minimum Gasteiger partial charge on any atom is -0.364 e. The summed E-state index contributed by atoms with van der Waals surface area (Å²) < 4.78 is 2.26. The van der Waals surface area contributed by atoms with Crippen LogP contribution in [0.15, 0.2) is 24.4 Å². The predicted molar refractivity (Wildman–Crippen MR) is 80.6 cm³/mol. The molecule has 2 aromatic rings. The van der Waals surface area contributed by atoms with E-state index in [4.69, 9.17) is 5.73 Å². The van der Waals surface area contributed by atoms with Crippen LogP contribution in [-0.2, 0) is 0 Å². The summed E-state index contributed by atoms with van der Waals surface area (Å²) in [4.78, 5) is 22.7. The lowest BCUT2D eigenvalue weighted by molar-refractivity contribution is 0.0954. The van der Waals surface area contributed by atoms with Crippen LogP contribution in [0.3, 0.4) is 0 Å². The number of hydrogen-bond acceptors (Lipinski definition) is 4. The molecule has 0 aliphatic heterocycles. The molecule has 7 nitrogen and oxygen atoms in total. The van der Waals surface area contributed by atoms with E-state index in [1.165, 1.54) is 10.9 Å². The third-order valence-electron chi connectivity index (χ3n) is 2.54. The minimum absolute atomic E-state index is 0.0913. The monoisotopic (exact) mass is 385 g/mol. The zero-order chi connectivity index (χ0) is 14.7. The highest BCUT2D eigenvalue weighted by atomic mass is 127. The molecule has 0 aliphatic rings. The molecule has 2 rings (SSSR count). The maximum absolute atomic E-state index is 11.7. The molecule has 0 atom stereocenters. The fourth-order valence-corrected chi connectivity index (χ4v) is 2.35. The number of benzene rings is 1. The second-order valence-corrected chi connectivity index (χ2v) is 5.10. The molecule has 0 aliphatic carbocycles. The van der Waals surface area contributed by atoms with Gasteiger partial charge < -0.3 is 11.1 Å². The van der Waals surface area contributed by atoms with Crippen LogP contribution >= 0.6 is 22.6 Å². The van der Waals surface area contributed by atoms with Crippen LogP contribution < -0.4 is 11.1 Å². The highest BCUT2D eigenvalue weighted by molar-refractivity contribution is 14.1. The summed E-state index contributed by atoms with van der Waals surface area (Å²) in [5.74, 6) is -0.765. The van der Waals surface area contributed by atoms with Crippen molar-refractivity contribution in [3.05, 3.63) is 39.2 Å². The van der Waals surface area contributed by atoms with Crippen molar-refractivity contribution in [1.29, 1.82) is 0 Å². The molecule has 2 amide bonds. The number of aromatic nitrogens is 3. The van der Waals surface area contributed by atoms with Crippen molar-refractivity contribution in [2.45, 2.75) is 6.92 Å². The smallest absolute Gasteiger partial charge is 0.270 e. The maximum atomic E-state index is 11.7. The zero-order valence-electron chi connectivity index (χ0n) is 10.6. The molecule has 0 unspecified atom stereocenters. The molecule has 8 heteroatoms. The van der Waals surface area contributed by atoms with Gasteiger partial charge >= 0.3 is 0 Å². The summed E-state index contributed by atoms with van der Waals surface area (Å²) in [6.45, 7) is 2.43. The fourth-order valence-electron chi connectivity index (χ4n) is 1.59. The molecule has 1 heterocycles. The number of rotatable bonds is 4. The van der Waals surface area contributed by atoms with Crippen LogP contribution in [-0.4, -0.2) is 33.4 Å². The van der Waals surface area contributed by atoms with E-state index in [0.717, 1.165) is 9.26 Å². The number of nitrogens with two attached hydrogens (primary N) is 1. The molecule has 1 aromatic heterocycles. The maximum Gasteiger partial charge on any atom is 0.270 e. The average Bonchev–Trinajstić information content (AvgIpc) is 2.88. The Hall–Kier alpha value is -1.97. The lowest BCUT2D eigenvalue weighted by Gasteiger charge is -2.07. The van der Waals surface area contributed by atoms with E-state index in [1.807, 2.05) is 6.92 Å². The lowest BCUT2D eigenvalue weighted by atomic mass is 10.2. The van der Waals surface area contributed by atoms with Gasteiger partial charge in [-0.25, -0.2) is 4.68 Å². The first-order chi connectivity index (χ1) is 9.52. The molecular formula is C12H12IN5O2. The molecule has 0 radical (unpaired) electrons. The van der Waals surface area contributed by atoms with Crippen LogP contribution in [0.1, 0.15) is 27.8 Å². The predicted octanol–water partition coefficient (Wildman–Crippen LogP) is 0.721. The normalized spacial score (nSPS) is 10.3. The van der Waals surface area contributed by atoms with Crippen molar-refractivity contribution in [3.8, 4) is 5.69 Å². The molecule has 104 valence electrons. The number of hydrogen-bond donors (Lipinski definition) is 2. The summed E-state index contributed by atoms with van der Waals surface area (Å²) in [5.41, 5.74) is 6.51. The SMILES string of the molecule is CCNC(=O)c1ccc(-n2cc(C(N)=O)nn2)c(I)c1. The summed E-state index contributed by atoms with van der Waals surface area (Å²) in [6.07, 6.45) is 1.45. The topological polar surface area (TPSA) is 103 Å². The van der Waals surface area contributed by atoms with Crippen molar-refractivity contribution in [2.24, 2.45) is 5.73 Å². The third-order valence-corrected chi connectivity index (χ3v) is 3.40. The molecule has 0 saturated carbocycles. The van der Waals surface area contributed by atoms with Crippen molar-refractivity contribution in [2.75, 3.05) is 6.54 Å².